The van der Waals surface area contributed by atoms with E-state index in [0.717, 1.165) is 18.8 Å². The van der Waals surface area contributed by atoms with E-state index >= 15 is 0 Å². The molecule has 92 valence electrons. The maximum absolute atomic E-state index is 4.04. The molecule has 1 atom stereocenters. The average Bonchev–Trinajstić information content (AvgIpc) is 2.26. The second-order valence-corrected chi connectivity index (χ2v) is 5.72. The standard InChI is InChI=1S/C14H26N2/c1-7-12(2)16-10-8-9-13(11-16)15(6)14(3,4)5/h7,13H,1-2,8-11H2,3-6H3/t13-/m0/s1. The molecule has 0 unspecified atom stereocenters. The molecule has 0 aliphatic carbocycles. The van der Waals surface area contributed by atoms with Gasteiger partial charge in [-0.15, -0.1) is 0 Å². The van der Waals surface area contributed by atoms with Crippen molar-refractivity contribution in [1.29, 1.82) is 0 Å². The van der Waals surface area contributed by atoms with Crippen LogP contribution in [0.2, 0.25) is 0 Å². The van der Waals surface area contributed by atoms with E-state index in [9.17, 15) is 0 Å². The van der Waals surface area contributed by atoms with Crippen molar-refractivity contribution in [2.24, 2.45) is 0 Å². The predicted molar refractivity (Wildman–Crippen MR) is 71.4 cm³/mol. The number of hydrogen-bond donors (Lipinski definition) is 0. The summed E-state index contributed by atoms with van der Waals surface area (Å²) in [5.74, 6) is 0. The number of nitrogens with zero attached hydrogens (tertiary/aromatic N) is 2. The lowest BCUT2D eigenvalue weighted by atomic mass is 9.98. The summed E-state index contributed by atoms with van der Waals surface area (Å²) in [7, 11) is 2.23. The van der Waals surface area contributed by atoms with Gasteiger partial charge in [0.15, 0.2) is 0 Å². The zero-order chi connectivity index (χ0) is 12.3. The normalized spacial score (nSPS) is 22.3. The summed E-state index contributed by atoms with van der Waals surface area (Å²) in [6, 6.07) is 0.630. The van der Waals surface area contributed by atoms with Gasteiger partial charge in [-0.2, -0.15) is 0 Å². The van der Waals surface area contributed by atoms with E-state index in [4.69, 9.17) is 0 Å². The second kappa shape index (κ2) is 5.05. The fourth-order valence-corrected chi connectivity index (χ4v) is 2.21. The van der Waals surface area contributed by atoms with E-state index in [0.29, 0.717) is 6.04 Å². The van der Waals surface area contributed by atoms with Gasteiger partial charge in [0.2, 0.25) is 0 Å². The molecule has 0 amide bonds. The SMILES string of the molecule is C=CC(=C)N1CCC[C@H](N(C)C(C)(C)C)C1. The lowest BCUT2D eigenvalue weighted by molar-refractivity contribution is 0.0684. The van der Waals surface area contributed by atoms with Crippen LogP contribution < -0.4 is 0 Å². The van der Waals surface area contributed by atoms with Crippen LogP contribution in [0, 0.1) is 0 Å². The first kappa shape index (κ1) is 13.3. The van der Waals surface area contributed by atoms with Crippen LogP contribution in [0.5, 0.6) is 0 Å². The third-order valence-corrected chi connectivity index (χ3v) is 3.64. The van der Waals surface area contributed by atoms with Crippen LogP contribution in [-0.4, -0.2) is 41.5 Å². The van der Waals surface area contributed by atoms with Crippen LogP contribution in [-0.2, 0) is 0 Å². The summed E-state index contributed by atoms with van der Waals surface area (Å²) in [5, 5.41) is 0. The number of rotatable bonds is 3. The zero-order valence-electron chi connectivity index (χ0n) is 11.3. The predicted octanol–water partition coefficient (Wildman–Crippen LogP) is 2.88. The largest absolute Gasteiger partial charge is 0.370 e. The van der Waals surface area contributed by atoms with Crippen molar-refractivity contribution in [1.82, 2.24) is 9.80 Å². The Kier molecular flexibility index (Phi) is 4.20. The highest BCUT2D eigenvalue weighted by atomic mass is 15.2. The lowest BCUT2D eigenvalue weighted by Gasteiger charge is -2.44. The van der Waals surface area contributed by atoms with Gasteiger partial charge >= 0.3 is 0 Å². The summed E-state index contributed by atoms with van der Waals surface area (Å²) in [6.45, 7) is 16.9. The van der Waals surface area contributed by atoms with Gasteiger partial charge in [-0.05, 0) is 46.7 Å². The summed E-state index contributed by atoms with van der Waals surface area (Å²) < 4.78 is 0. The van der Waals surface area contributed by atoms with E-state index in [1.807, 2.05) is 6.08 Å². The first-order chi connectivity index (χ1) is 7.36. The summed E-state index contributed by atoms with van der Waals surface area (Å²) >= 11 is 0. The van der Waals surface area contributed by atoms with Crippen LogP contribution in [0.1, 0.15) is 33.6 Å². The molecule has 0 aromatic heterocycles. The van der Waals surface area contributed by atoms with Crippen molar-refractivity contribution in [3.63, 3.8) is 0 Å². The highest BCUT2D eigenvalue weighted by molar-refractivity contribution is 5.11. The van der Waals surface area contributed by atoms with Crippen molar-refractivity contribution in [3.8, 4) is 0 Å². The Morgan fingerprint density at radius 1 is 1.44 bits per heavy atom. The molecule has 1 saturated heterocycles. The third kappa shape index (κ3) is 3.11. The fourth-order valence-electron chi connectivity index (χ4n) is 2.21. The Balaban J connectivity index is 2.63. The minimum Gasteiger partial charge on any atom is -0.370 e. The number of piperidine rings is 1. The maximum Gasteiger partial charge on any atom is 0.0334 e. The van der Waals surface area contributed by atoms with Crippen molar-refractivity contribution in [2.75, 3.05) is 20.1 Å². The lowest BCUT2D eigenvalue weighted by Crippen LogP contribution is -2.52. The van der Waals surface area contributed by atoms with Gasteiger partial charge in [-0.3, -0.25) is 4.90 Å². The average molecular weight is 222 g/mol. The smallest absolute Gasteiger partial charge is 0.0334 e. The molecule has 0 spiro atoms. The first-order valence-electron chi connectivity index (χ1n) is 6.15. The first-order valence-corrected chi connectivity index (χ1v) is 6.15. The van der Waals surface area contributed by atoms with Crippen LogP contribution in [0.25, 0.3) is 0 Å². The van der Waals surface area contributed by atoms with E-state index < -0.39 is 0 Å². The molecule has 1 heterocycles. The Morgan fingerprint density at radius 3 is 2.56 bits per heavy atom. The fraction of sp³-hybridized carbons (Fsp3) is 0.714. The molecule has 0 aromatic carbocycles. The molecule has 16 heavy (non-hydrogen) atoms. The highest BCUT2D eigenvalue weighted by Gasteiger charge is 2.29. The molecule has 1 aliphatic rings. The van der Waals surface area contributed by atoms with Crippen molar-refractivity contribution >= 4 is 0 Å². The Morgan fingerprint density at radius 2 is 2.06 bits per heavy atom. The molecule has 1 fully saturated rings. The Bertz CT molecular complexity index is 262. The van der Waals surface area contributed by atoms with Crippen molar-refractivity contribution < 1.29 is 0 Å². The molecule has 0 saturated carbocycles. The molecule has 0 bridgehead atoms. The van der Waals surface area contributed by atoms with Crippen LogP contribution in [0.3, 0.4) is 0 Å². The molecule has 2 nitrogen and oxygen atoms in total. The molecular formula is C14H26N2. The number of hydrogen-bond acceptors (Lipinski definition) is 2. The minimum absolute atomic E-state index is 0.239. The number of likely N-dealkylation sites (tertiary alicyclic amines) is 1. The van der Waals surface area contributed by atoms with E-state index in [-0.39, 0.29) is 5.54 Å². The number of allylic oxidation sites excluding steroid dienone is 1. The van der Waals surface area contributed by atoms with Crippen LogP contribution >= 0.6 is 0 Å². The molecular weight excluding hydrogens is 196 g/mol. The van der Waals surface area contributed by atoms with Gasteiger partial charge < -0.3 is 4.90 Å². The zero-order valence-corrected chi connectivity index (χ0v) is 11.3. The van der Waals surface area contributed by atoms with E-state index in [2.05, 4.69) is 50.8 Å². The Hall–Kier alpha value is -0.760. The van der Waals surface area contributed by atoms with Crippen molar-refractivity contribution in [3.05, 3.63) is 24.9 Å². The summed E-state index contributed by atoms with van der Waals surface area (Å²) in [5.41, 5.74) is 1.30. The molecule has 2 heteroatoms. The van der Waals surface area contributed by atoms with Gasteiger partial charge in [0.1, 0.15) is 0 Å². The van der Waals surface area contributed by atoms with Gasteiger partial charge in [0.25, 0.3) is 0 Å². The van der Waals surface area contributed by atoms with Gasteiger partial charge in [0, 0.05) is 30.4 Å². The number of likely N-dealkylation sites (N-methyl/N-ethyl adjacent to an activating group) is 1. The topological polar surface area (TPSA) is 6.48 Å². The highest BCUT2D eigenvalue weighted by Crippen LogP contribution is 2.23. The van der Waals surface area contributed by atoms with Gasteiger partial charge in [-0.1, -0.05) is 13.2 Å². The van der Waals surface area contributed by atoms with Crippen LogP contribution in [0.15, 0.2) is 24.9 Å². The van der Waals surface area contributed by atoms with Gasteiger partial charge in [-0.25, -0.2) is 0 Å². The monoisotopic (exact) mass is 222 g/mol. The van der Waals surface area contributed by atoms with E-state index in [1.165, 1.54) is 12.8 Å². The molecule has 0 N–H and O–H groups in total. The van der Waals surface area contributed by atoms with Crippen LogP contribution in [0.4, 0.5) is 0 Å². The molecule has 1 aliphatic heterocycles. The summed E-state index contributed by atoms with van der Waals surface area (Å²) in [6.07, 6.45) is 4.39. The molecule has 0 aromatic rings. The maximum atomic E-state index is 4.04. The van der Waals surface area contributed by atoms with E-state index in [1.54, 1.807) is 0 Å². The quantitative estimate of drug-likeness (QED) is 0.678. The molecule has 1 rings (SSSR count). The minimum atomic E-state index is 0.239. The molecule has 0 radical (unpaired) electrons. The second-order valence-electron chi connectivity index (χ2n) is 5.72. The summed E-state index contributed by atoms with van der Waals surface area (Å²) in [4.78, 5) is 4.83. The third-order valence-electron chi connectivity index (χ3n) is 3.64. The van der Waals surface area contributed by atoms with Crippen molar-refractivity contribution in [2.45, 2.75) is 45.2 Å². The van der Waals surface area contributed by atoms with Gasteiger partial charge in [0.05, 0.1) is 0 Å². The Labute approximate surface area is 101 Å².